The Morgan fingerprint density at radius 2 is 1.95 bits per heavy atom. The summed E-state index contributed by atoms with van der Waals surface area (Å²) in [7, 11) is 2.01. The van der Waals surface area contributed by atoms with Gasteiger partial charge in [0.15, 0.2) is 0 Å². The van der Waals surface area contributed by atoms with E-state index in [0.717, 1.165) is 28.0 Å². The molecule has 2 rings (SSSR count). The summed E-state index contributed by atoms with van der Waals surface area (Å²) >= 11 is 3.37. The molecule has 0 aliphatic rings. The Hall–Kier alpha value is -1.88. The van der Waals surface area contributed by atoms with Crippen molar-refractivity contribution in [3.63, 3.8) is 0 Å². The monoisotopic (exact) mass is 318 g/mol. The first kappa shape index (κ1) is 13.5. The number of halogens is 1. The van der Waals surface area contributed by atoms with Crippen molar-refractivity contribution < 1.29 is 0 Å². The molecular weight excluding hydrogens is 304 g/mol. The van der Waals surface area contributed by atoms with Crippen molar-refractivity contribution in [2.24, 2.45) is 5.73 Å². The molecule has 3 N–H and O–H groups in total. The van der Waals surface area contributed by atoms with E-state index >= 15 is 0 Å². The summed E-state index contributed by atoms with van der Waals surface area (Å²) in [5.74, 6) is 0.0868. The third-order valence-electron chi connectivity index (χ3n) is 2.81. The molecule has 0 fully saturated rings. The van der Waals surface area contributed by atoms with Crippen molar-refractivity contribution >= 4 is 27.5 Å². The maximum atomic E-state index is 7.36. The largest absolute Gasteiger partial charge is 0.384 e. The molecule has 0 aliphatic carbocycles. The van der Waals surface area contributed by atoms with Gasteiger partial charge in [0.05, 0.1) is 12.2 Å². The van der Waals surface area contributed by atoms with Crippen LogP contribution in [0.5, 0.6) is 0 Å². The summed E-state index contributed by atoms with van der Waals surface area (Å²) in [6.07, 6.45) is 1.79. The fourth-order valence-electron chi connectivity index (χ4n) is 1.73. The Bertz CT molecular complexity index is 563. The summed E-state index contributed by atoms with van der Waals surface area (Å²) < 4.78 is 0.977. The highest BCUT2D eigenvalue weighted by Crippen LogP contribution is 2.16. The number of nitrogen functional groups attached to an aromatic ring is 1. The Labute approximate surface area is 120 Å². The number of nitrogens with two attached hydrogens (primary N) is 1. The van der Waals surface area contributed by atoms with Gasteiger partial charge in [-0.2, -0.15) is 0 Å². The molecular formula is C14H15BrN4. The second-order valence-corrected chi connectivity index (χ2v) is 5.20. The zero-order valence-corrected chi connectivity index (χ0v) is 12.2. The lowest BCUT2D eigenvalue weighted by molar-refractivity contribution is 0.884. The molecule has 0 amide bonds. The van der Waals surface area contributed by atoms with Crippen LogP contribution in [0.15, 0.2) is 47.1 Å². The number of pyridine rings is 1. The van der Waals surface area contributed by atoms with Crippen LogP contribution in [-0.4, -0.2) is 17.9 Å². The molecule has 5 heteroatoms. The lowest BCUT2D eigenvalue weighted by Gasteiger charge is -2.19. The number of nitrogens with one attached hydrogen (secondary N) is 1. The van der Waals surface area contributed by atoms with Gasteiger partial charge in [-0.05, 0) is 52.3 Å². The van der Waals surface area contributed by atoms with Crippen LogP contribution >= 0.6 is 15.9 Å². The standard InChI is InChI=1S/C14H15BrN4/c1-19(9-12-5-4-11(15)8-18-12)13-6-2-10(3-7-13)14(16)17/h2-8H,9H2,1H3,(H3,16,17). The molecule has 2 aromatic rings. The van der Waals surface area contributed by atoms with Gasteiger partial charge < -0.3 is 10.6 Å². The quantitative estimate of drug-likeness (QED) is 0.673. The molecule has 98 valence electrons. The van der Waals surface area contributed by atoms with Crippen LogP contribution in [0.3, 0.4) is 0 Å². The highest BCUT2D eigenvalue weighted by Gasteiger charge is 2.04. The summed E-state index contributed by atoms with van der Waals surface area (Å²) in [5.41, 5.74) is 8.23. The minimum Gasteiger partial charge on any atom is -0.384 e. The number of benzene rings is 1. The van der Waals surface area contributed by atoms with Gasteiger partial charge in [0, 0.05) is 29.0 Å². The van der Waals surface area contributed by atoms with Gasteiger partial charge in [0.1, 0.15) is 5.84 Å². The van der Waals surface area contributed by atoms with E-state index in [9.17, 15) is 0 Å². The molecule has 0 unspecified atom stereocenters. The third-order valence-corrected chi connectivity index (χ3v) is 3.28. The molecule has 0 atom stereocenters. The number of hydrogen-bond acceptors (Lipinski definition) is 3. The zero-order chi connectivity index (χ0) is 13.8. The van der Waals surface area contributed by atoms with Crippen LogP contribution in [0.2, 0.25) is 0 Å². The maximum absolute atomic E-state index is 7.36. The average Bonchev–Trinajstić information content (AvgIpc) is 2.41. The van der Waals surface area contributed by atoms with Crippen LogP contribution in [-0.2, 0) is 6.54 Å². The van der Waals surface area contributed by atoms with Crippen molar-refractivity contribution in [2.75, 3.05) is 11.9 Å². The molecule has 1 aromatic heterocycles. The van der Waals surface area contributed by atoms with Gasteiger partial charge in [0.25, 0.3) is 0 Å². The average molecular weight is 319 g/mol. The minimum atomic E-state index is 0.0868. The molecule has 1 aromatic carbocycles. The van der Waals surface area contributed by atoms with Crippen molar-refractivity contribution in [1.82, 2.24) is 4.98 Å². The fraction of sp³-hybridized carbons (Fsp3) is 0.143. The summed E-state index contributed by atoms with van der Waals surface area (Å²) in [5, 5.41) is 7.36. The van der Waals surface area contributed by atoms with Crippen LogP contribution in [0.25, 0.3) is 0 Å². The lowest BCUT2D eigenvalue weighted by atomic mass is 10.2. The van der Waals surface area contributed by atoms with E-state index in [4.69, 9.17) is 11.1 Å². The van der Waals surface area contributed by atoms with E-state index in [2.05, 4.69) is 25.8 Å². The Kier molecular flexibility index (Phi) is 4.16. The first-order chi connectivity index (χ1) is 9.06. The van der Waals surface area contributed by atoms with E-state index in [1.807, 2.05) is 43.4 Å². The van der Waals surface area contributed by atoms with Crippen molar-refractivity contribution in [1.29, 1.82) is 5.41 Å². The maximum Gasteiger partial charge on any atom is 0.122 e. The number of anilines is 1. The number of hydrogen-bond donors (Lipinski definition) is 2. The second kappa shape index (κ2) is 5.84. The fourth-order valence-corrected chi connectivity index (χ4v) is 1.96. The minimum absolute atomic E-state index is 0.0868. The van der Waals surface area contributed by atoms with Crippen LogP contribution in [0.1, 0.15) is 11.3 Å². The lowest BCUT2D eigenvalue weighted by Crippen LogP contribution is -2.17. The number of rotatable bonds is 4. The molecule has 0 spiro atoms. The number of nitrogens with zero attached hydrogens (tertiary/aromatic N) is 2. The first-order valence-corrected chi connectivity index (χ1v) is 6.61. The predicted molar refractivity (Wildman–Crippen MR) is 81.5 cm³/mol. The van der Waals surface area contributed by atoms with Gasteiger partial charge in [-0.3, -0.25) is 10.4 Å². The topological polar surface area (TPSA) is 66.0 Å². The Balaban J connectivity index is 2.09. The van der Waals surface area contributed by atoms with E-state index in [1.54, 1.807) is 6.20 Å². The van der Waals surface area contributed by atoms with E-state index in [1.165, 1.54) is 0 Å². The molecule has 0 saturated carbocycles. The molecule has 0 aliphatic heterocycles. The SMILES string of the molecule is CN(Cc1ccc(Br)cn1)c1ccc(C(=N)N)cc1. The molecule has 0 radical (unpaired) electrons. The predicted octanol–water partition coefficient (Wildman–Crippen LogP) is 2.76. The Morgan fingerprint density at radius 3 is 2.47 bits per heavy atom. The van der Waals surface area contributed by atoms with Gasteiger partial charge in [-0.25, -0.2) is 0 Å². The normalized spacial score (nSPS) is 10.2. The van der Waals surface area contributed by atoms with Gasteiger partial charge in [0.2, 0.25) is 0 Å². The molecule has 0 saturated heterocycles. The third kappa shape index (κ3) is 3.54. The summed E-state index contributed by atoms with van der Waals surface area (Å²) in [4.78, 5) is 6.44. The number of amidine groups is 1. The highest BCUT2D eigenvalue weighted by molar-refractivity contribution is 9.10. The van der Waals surface area contributed by atoms with Crippen LogP contribution < -0.4 is 10.6 Å². The summed E-state index contributed by atoms with van der Waals surface area (Å²) in [6.45, 7) is 0.729. The van der Waals surface area contributed by atoms with Crippen LogP contribution in [0.4, 0.5) is 5.69 Å². The smallest absolute Gasteiger partial charge is 0.122 e. The number of aromatic nitrogens is 1. The van der Waals surface area contributed by atoms with E-state index in [-0.39, 0.29) is 5.84 Å². The van der Waals surface area contributed by atoms with Crippen molar-refractivity contribution in [2.45, 2.75) is 6.54 Å². The highest BCUT2D eigenvalue weighted by atomic mass is 79.9. The van der Waals surface area contributed by atoms with Crippen molar-refractivity contribution in [3.8, 4) is 0 Å². The van der Waals surface area contributed by atoms with E-state index in [0.29, 0.717) is 0 Å². The van der Waals surface area contributed by atoms with Gasteiger partial charge in [-0.15, -0.1) is 0 Å². The van der Waals surface area contributed by atoms with E-state index < -0.39 is 0 Å². The zero-order valence-electron chi connectivity index (χ0n) is 10.6. The molecule has 19 heavy (non-hydrogen) atoms. The van der Waals surface area contributed by atoms with Crippen molar-refractivity contribution in [3.05, 3.63) is 58.3 Å². The summed E-state index contributed by atoms with van der Waals surface area (Å²) in [6, 6.07) is 11.6. The first-order valence-electron chi connectivity index (χ1n) is 5.82. The molecule has 1 heterocycles. The Morgan fingerprint density at radius 1 is 1.26 bits per heavy atom. The van der Waals surface area contributed by atoms with Gasteiger partial charge in [-0.1, -0.05) is 0 Å². The molecule has 4 nitrogen and oxygen atoms in total. The van der Waals surface area contributed by atoms with Gasteiger partial charge >= 0.3 is 0 Å². The molecule has 0 bridgehead atoms. The van der Waals surface area contributed by atoms with Crippen LogP contribution in [0, 0.1) is 5.41 Å². The second-order valence-electron chi connectivity index (χ2n) is 4.28.